The van der Waals surface area contributed by atoms with Crippen molar-refractivity contribution in [2.75, 3.05) is 18.4 Å². The molecule has 1 unspecified atom stereocenters. The van der Waals surface area contributed by atoms with E-state index in [2.05, 4.69) is 47.2 Å². The van der Waals surface area contributed by atoms with Crippen LogP contribution in [0.3, 0.4) is 0 Å². The lowest BCUT2D eigenvalue weighted by Crippen LogP contribution is -2.41. The van der Waals surface area contributed by atoms with Crippen LogP contribution in [0.1, 0.15) is 31.9 Å². The second-order valence-corrected chi connectivity index (χ2v) is 5.71. The highest BCUT2D eigenvalue weighted by molar-refractivity contribution is 9.10. The van der Waals surface area contributed by atoms with Crippen molar-refractivity contribution < 1.29 is 4.79 Å². The van der Waals surface area contributed by atoms with Crippen molar-refractivity contribution in [3.8, 4) is 0 Å². The molecular weight excluding hydrogens is 304 g/mol. The quantitative estimate of drug-likeness (QED) is 0.894. The van der Waals surface area contributed by atoms with Crippen LogP contribution in [-0.2, 0) is 4.79 Å². The fraction of sp³-hybridized carbons (Fsp3) is 0.533. The van der Waals surface area contributed by atoms with Crippen molar-refractivity contribution in [3.05, 3.63) is 27.7 Å². The Hall–Kier alpha value is -1.03. The number of benzene rings is 1. The van der Waals surface area contributed by atoms with Crippen LogP contribution in [0, 0.1) is 13.8 Å². The number of aryl methyl sites for hydroxylation is 2. The molecule has 0 aliphatic carbocycles. The van der Waals surface area contributed by atoms with E-state index in [4.69, 9.17) is 0 Å². The van der Waals surface area contributed by atoms with Gasteiger partial charge in [0.15, 0.2) is 0 Å². The number of nitrogens with zero attached hydrogens (tertiary/aromatic N) is 1. The zero-order chi connectivity index (χ0) is 14.6. The Kier molecular flexibility index (Phi) is 5.85. The lowest BCUT2D eigenvalue weighted by atomic mass is 10.1. The highest BCUT2D eigenvalue weighted by Gasteiger charge is 2.19. The first-order valence-corrected chi connectivity index (χ1v) is 7.52. The van der Waals surface area contributed by atoms with Gasteiger partial charge in [-0.05, 0) is 57.9 Å². The summed E-state index contributed by atoms with van der Waals surface area (Å²) in [7, 11) is 0. The average molecular weight is 327 g/mol. The molecule has 1 amide bonds. The Morgan fingerprint density at radius 1 is 1.26 bits per heavy atom. The maximum atomic E-state index is 12.3. The van der Waals surface area contributed by atoms with E-state index < -0.39 is 0 Å². The van der Waals surface area contributed by atoms with Gasteiger partial charge in [0.05, 0.1) is 0 Å². The van der Waals surface area contributed by atoms with Gasteiger partial charge in [-0.25, -0.2) is 0 Å². The predicted octanol–water partition coefficient (Wildman–Crippen LogP) is 3.73. The van der Waals surface area contributed by atoms with Crippen molar-refractivity contribution in [2.24, 2.45) is 0 Å². The third kappa shape index (κ3) is 3.96. The molecule has 1 aromatic rings. The molecule has 106 valence electrons. The lowest BCUT2D eigenvalue weighted by molar-refractivity contribution is -0.131. The fourth-order valence-corrected chi connectivity index (χ4v) is 2.91. The summed E-state index contributed by atoms with van der Waals surface area (Å²) in [6.07, 6.45) is 0. The molecule has 0 aromatic heterocycles. The summed E-state index contributed by atoms with van der Waals surface area (Å²) in [5.41, 5.74) is 3.34. The number of nitrogens with one attached hydrogen (secondary N) is 1. The summed E-state index contributed by atoms with van der Waals surface area (Å²) in [4.78, 5) is 14.1. The minimum Gasteiger partial charge on any atom is -0.373 e. The molecule has 0 bridgehead atoms. The van der Waals surface area contributed by atoms with E-state index in [1.165, 1.54) is 0 Å². The zero-order valence-corrected chi connectivity index (χ0v) is 14.0. The van der Waals surface area contributed by atoms with E-state index >= 15 is 0 Å². The largest absolute Gasteiger partial charge is 0.373 e. The number of rotatable bonds is 5. The van der Waals surface area contributed by atoms with Crippen molar-refractivity contribution in [1.29, 1.82) is 0 Å². The number of hydrogen-bond donors (Lipinski definition) is 1. The Balaban J connectivity index is 2.88. The summed E-state index contributed by atoms with van der Waals surface area (Å²) in [6.45, 7) is 11.5. The topological polar surface area (TPSA) is 32.3 Å². The minimum atomic E-state index is -0.210. The van der Waals surface area contributed by atoms with Crippen LogP contribution in [0.5, 0.6) is 0 Å². The molecule has 4 heteroatoms. The first-order chi connectivity index (χ1) is 8.90. The van der Waals surface area contributed by atoms with Crippen LogP contribution in [0.2, 0.25) is 0 Å². The first-order valence-electron chi connectivity index (χ1n) is 6.72. The number of carbonyl (C=O) groups is 1. The number of halogens is 1. The third-order valence-electron chi connectivity index (χ3n) is 3.30. The van der Waals surface area contributed by atoms with E-state index in [9.17, 15) is 4.79 Å². The zero-order valence-electron chi connectivity index (χ0n) is 12.4. The van der Waals surface area contributed by atoms with E-state index in [0.717, 1.165) is 34.4 Å². The number of anilines is 1. The van der Waals surface area contributed by atoms with Gasteiger partial charge in [-0.15, -0.1) is 0 Å². The molecular formula is C15H23BrN2O. The normalized spacial score (nSPS) is 12.1. The van der Waals surface area contributed by atoms with Gasteiger partial charge < -0.3 is 10.2 Å². The third-order valence-corrected chi connectivity index (χ3v) is 3.76. The molecule has 3 nitrogen and oxygen atoms in total. The number of carbonyl (C=O) groups excluding carboxylic acids is 1. The molecule has 1 N–H and O–H groups in total. The maximum absolute atomic E-state index is 12.3. The van der Waals surface area contributed by atoms with Crippen LogP contribution >= 0.6 is 15.9 Å². The van der Waals surface area contributed by atoms with E-state index in [0.29, 0.717) is 0 Å². The molecule has 0 aliphatic rings. The number of hydrogen-bond acceptors (Lipinski definition) is 2. The Bertz CT molecular complexity index is 432. The lowest BCUT2D eigenvalue weighted by Gasteiger charge is -2.25. The summed E-state index contributed by atoms with van der Waals surface area (Å²) in [5.74, 6) is 0.145. The van der Waals surface area contributed by atoms with Gasteiger partial charge in [0.25, 0.3) is 0 Å². The Morgan fingerprint density at radius 3 is 2.16 bits per heavy atom. The van der Waals surface area contributed by atoms with Gasteiger partial charge in [-0.2, -0.15) is 0 Å². The maximum Gasteiger partial charge on any atom is 0.244 e. The van der Waals surface area contributed by atoms with Crippen molar-refractivity contribution >= 4 is 27.5 Å². The number of likely N-dealkylation sites (N-methyl/N-ethyl adjacent to an activating group) is 1. The van der Waals surface area contributed by atoms with E-state index in [-0.39, 0.29) is 11.9 Å². The van der Waals surface area contributed by atoms with Crippen LogP contribution in [0.15, 0.2) is 16.6 Å². The average Bonchev–Trinajstić information content (AvgIpc) is 2.34. The molecule has 0 saturated heterocycles. The van der Waals surface area contributed by atoms with Gasteiger partial charge in [-0.3, -0.25) is 4.79 Å². The van der Waals surface area contributed by atoms with E-state index in [1.54, 1.807) is 0 Å². The van der Waals surface area contributed by atoms with Gasteiger partial charge >= 0.3 is 0 Å². The van der Waals surface area contributed by atoms with Gasteiger partial charge in [0.2, 0.25) is 5.91 Å². The van der Waals surface area contributed by atoms with Crippen molar-refractivity contribution in [2.45, 2.75) is 40.7 Å². The monoisotopic (exact) mass is 326 g/mol. The smallest absolute Gasteiger partial charge is 0.244 e. The van der Waals surface area contributed by atoms with Crippen LogP contribution in [0.25, 0.3) is 0 Å². The molecule has 0 heterocycles. The molecule has 0 fully saturated rings. The molecule has 1 atom stereocenters. The van der Waals surface area contributed by atoms with Gasteiger partial charge in [0.1, 0.15) is 6.04 Å². The second-order valence-electron chi connectivity index (χ2n) is 4.79. The summed E-state index contributed by atoms with van der Waals surface area (Å²) >= 11 is 3.48. The predicted molar refractivity (Wildman–Crippen MR) is 84.6 cm³/mol. The van der Waals surface area contributed by atoms with Gasteiger partial charge in [0, 0.05) is 23.2 Å². The van der Waals surface area contributed by atoms with Crippen molar-refractivity contribution in [1.82, 2.24) is 4.90 Å². The number of amides is 1. The molecule has 0 saturated carbocycles. The fourth-order valence-electron chi connectivity index (χ4n) is 2.23. The SMILES string of the molecule is CCN(CC)C(=O)C(C)Nc1c(C)cc(Br)cc1C. The Labute approximate surface area is 124 Å². The van der Waals surface area contributed by atoms with Crippen LogP contribution in [0.4, 0.5) is 5.69 Å². The van der Waals surface area contributed by atoms with Crippen LogP contribution in [-0.4, -0.2) is 29.9 Å². The molecule has 0 aliphatic heterocycles. The Morgan fingerprint density at radius 2 is 1.74 bits per heavy atom. The van der Waals surface area contributed by atoms with Gasteiger partial charge in [-0.1, -0.05) is 15.9 Å². The molecule has 1 aromatic carbocycles. The molecule has 1 rings (SSSR count). The first kappa shape index (κ1) is 16.0. The van der Waals surface area contributed by atoms with Crippen molar-refractivity contribution in [3.63, 3.8) is 0 Å². The standard InChI is InChI=1S/C15H23BrN2O/c1-6-18(7-2)15(19)12(5)17-14-10(3)8-13(16)9-11(14)4/h8-9,12,17H,6-7H2,1-5H3. The minimum absolute atomic E-state index is 0.145. The highest BCUT2D eigenvalue weighted by atomic mass is 79.9. The summed E-state index contributed by atoms with van der Waals surface area (Å²) in [5, 5.41) is 3.34. The molecule has 19 heavy (non-hydrogen) atoms. The molecule has 0 radical (unpaired) electrons. The van der Waals surface area contributed by atoms with E-state index in [1.807, 2.05) is 25.7 Å². The van der Waals surface area contributed by atoms with Crippen LogP contribution < -0.4 is 5.32 Å². The summed E-state index contributed by atoms with van der Waals surface area (Å²) < 4.78 is 1.07. The highest BCUT2D eigenvalue weighted by Crippen LogP contribution is 2.25. The summed E-state index contributed by atoms with van der Waals surface area (Å²) in [6, 6.07) is 3.91. The molecule has 0 spiro atoms. The second kappa shape index (κ2) is 6.94.